The van der Waals surface area contributed by atoms with Gasteiger partial charge in [0, 0.05) is 11.1 Å². The van der Waals surface area contributed by atoms with Crippen LogP contribution in [0.4, 0.5) is 30.7 Å². The molecule has 152 valence electrons. The summed E-state index contributed by atoms with van der Waals surface area (Å²) in [5, 5.41) is 0. The number of hydrogen-bond donors (Lipinski definition) is 0. The molecule has 0 radical (unpaired) electrons. The van der Waals surface area contributed by atoms with Crippen LogP contribution in [-0.4, -0.2) is 17.7 Å². The lowest BCUT2D eigenvalue weighted by Gasteiger charge is -2.13. The van der Waals surface area contributed by atoms with E-state index in [1.807, 2.05) is 0 Å². The van der Waals surface area contributed by atoms with Gasteiger partial charge in [-0.15, -0.1) is 26.3 Å². The van der Waals surface area contributed by atoms with Crippen molar-refractivity contribution in [3.63, 3.8) is 0 Å². The summed E-state index contributed by atoms with van der Waals surface area (Å²) in [7, 11) is 0. The van der Waals surface area contributed by atoms with E-state index in [1.54, 1.807) is 0 Å². The summed E-state index contributed by atoms with van der Waals surface area (Å²) in [5.74, 6) is -1.60. The Labute approximate surface area is 159 Å². The number of rotatable bonds is 4. The zero-order valence-corrected chi connectivity index (χ0v) is 14.2. The minimum atomic E-state index is -4.85. The van der Waals surface area contributed by atoms with Gasteiger partial charge in [0.1, 0.15) is 17.3 Å². The van der Waals surface area contributed by atoms with Crippen LogP contribution in [0, 0.1) is 5.82 Å². The van der Waals surface area contributed by atoms with Crippen LogP contribution in [0.1, 0.15) is 0 Å². The summed E-state index contributed by atoms with van der Waals surface area (Å²) in [6.45, 7) is 0. The Hall–Kier alpha value is -3.30. The summed E-state index contributed by atoms with van der Waals surface area (Å²) in [5.41, 5.74) is 1.13. The SMILES string of the molecule is Fc1cnc(-c2ccc(OC(F)(F)F)cc2)c(-c2ccc(OC(F)(F)F)cc2)c1. The highest BCUT2D eigenvalue weighted by molar-refractivity contribution is 5.81. The minimum absolute atomic E-state index is 0.217. The van der Waals surface area contributed by atoms with Crippen molar-refractivity contribution in [2.45, 2.75) is 12.7 Å². The van der Waals surface area contributed by atoms with Crippen molar-refractivity contribution in [1.29, 1.82) is 0 Å². The molecule has 0 saturated carbocycles. The lowest BCUT2D eigenvalue weighted by molar-refractivity contribution is -0.275. The molecule has 1 heterocycles. The predicted octanol–water partition coefficient (Wildman–Crippen LogP) is 6.35. The summed E-state index contributed by atoms with van der Waals surface area (Å²) in [6.07, 6.45) is -8.78. The average molecular weight is 417 g/mol. The summed E-state index contributed by atoms with van der Waals surface area (Å²) < 4.78 is 95.0. The van der Waals surface area contributed by atoms with Crippen LogP contribution in [0.5, 0.6) is 11.5 Å². The quantitative estimate of drug-likeness (QED) is 0.464. The number of ether oxygens (including phenoxy) is 2. The van der Waals surface area contributed by atoms with Gasteiger partial charge in [-0.3, -0.25) is 4.98 Å². The zero-order chi connectivity index (χ0) is 21.2. The predicted molar refractivity (Wildman–Crippen MR) is 88.4 cm³/mol. The molecule has 0 saturated heterocycles. The van der Waals surface area contributed by atoms with E-state index in [0.29, 0.717) is 11.1 Å². The van der Waals surface area contributed by atoms with Crippen molar-refractivity contribution in [3.05, 3.63) is 66.6 Å². The number of aromatic nitrogens is 1. The first-order chi connectivity index (χ1) is 13.5. The van der Waals surface area contributed by atoms with Gasteiger partial charge < -0.3 is 9.47 Å². The van der Waals surface area contributed by atoms with Crippen LogP contribution in [0.15, 0.2) is 60.8 Å². The summed E-state index contributed by atoms with van der Waals surface area (Å²) in [6, 6.07) is 10.5. The van der Waals surface area contributed by atoms with Gasteiger partial charge in [-0.1, -0.05) is 12.1 Å². The fourth-order valence-electron chi connectivity index (χ4n) is 2.54. The van der Waals surface area contributed by atoms with Gasteiger partial charge in [-0.05, 0) is 48.0 Å². The highest BCUT2D eigenvalue weighted by Gasteiger charge is 2.31. The van der Waals surface area contributed by atoms with E-state index in [4.69, 9.17) is 0 Å². The number of pyridine rings is 1. The molecule has 0 fully saturated rings. The maximum absolute atomic E-state index is 13.7. The van der Waals surface area contributed by atoms with E-state index < -0.39 is 30.0 Å². The lowest BCUT2D eigenvalue weighted by atomic mass is 9.99. The van der Waals surface area contributed by atoms with Crippen LogP contribution in [0.3, 0.4) is 0 Å². The van der Waals surface area contributed by atoms with E-state index in [-0.39, 0.29) is 11.3 Å². The fraction of sp³-hybridized carbons (Fsp3) is 0.105. The summed E-state index contributed by atoms with van der Waals surface area (Å²) in [4.78, 5) is 3.96. The van der Waals surface area contributed by atoms with Gasteiger partial charge in [-0.25, -0.2) is 4.39 Å². The Balaban J connectivity index is 1.94. The van der Waals surface area contributed by atoms with Gasteiger partial charge in [-0.2, -0.15) is 0 Å². The van der Waals surface area contributed by atoms with Crippen molar-refractivity contribution in [1.82, 2.24) is 4.98 Å². The van der Waals surface area contributed by atoms with Crippen molar-refractivity contribution in [2.75, 3.05) is 0 Å². The van der Waals surface area contributed by atoms with E-state index in [9.17, 15) is 30.7 Å². The molecule has 3 rings (SSSR count). The largest absolute Gasteiger partial charge is 0.573 e. The molecule has 0 unspecified atom stereocenters. The molecular weight excluding hydrogens is 407 g/mol. The lowest BCUT2D eigenvalue weighted by Crippen LogP contribution is -2.17. The molecule has 0 spiro atoms. The number of benzene rings is 2. The van der Waals surface area contributed by atoms with Gasteiger partial charge in [0.25, 0.3) is 0 Å². The second-order valence-corrected chi connectivity index (χ2v) is 5.69. The van der Waals surface area contributed by atoms with E-state index >= 15 is 0 Å². The van der Waals surface area contributed by atoms with Crippen molar-refractivity contribution < 1.29 is 40.2 Å². The molecule has 2 aromatic carbocycles. The smallest absolute Gasteiger partial charge is 0.406 e. The number of alkyl halides is 6. The Morgan fingerprint density at radius 1 is 0.655 bits per heavy atom. The molecule has 0 amide bonds. The van der Waals surface area contributed by atoms with Gasteiger partial charge in [0.2, 0.25) is 0 Å². The Morgan fingerprint density at radius 2 is 1.10 bits per heavy atom. The Bertz CT molecular complexity index is 981. The molecule has 29 heavy (non-hydrogen) atoms. The van der Waals surface area contributed by atoms with Crippen LogP contribution in [-0.2, 0) is 0 Å². The van der Waals surface area contributed by atoms with Crippen LogP contribution in [0.25, 0.3) is 22.4 Å². The van der Waals surface area contributed by atoms with Gasteiger partial charge in [0.15, 0.2) is 0 Å². The first kappa shape index (κ1) is 20.4. The Morgan fingerprint density at radius 3 is 1.55 bits per heavy atom. The zero-order valence-electron chi connectivity index (χ0n) is 14.2. The monoisotopic (exact) mass is 417 g/mol. The summed E-state index contributed by atoms with van der Waals surface area (Å²) >= 11 is 0. The number of hydrogen-bond acceptors (Lipinski definition) is 3. The molecular formula is C19H10F7NO2. The molecule has 10 heteroatoms. The number of halogens is 7. The van der Waals surface area contributed by atoms with Crippen LogP contribution >= 0.6 is 0 Å². The highest BCUT2D eigenvalue weighted by Crippen LogP contribution is 2.34. The fourth-order valence-corrected chi connectivity index (χ4v) is 2.54. The van der Waals surface area contributed by atoms with Crippen molar-refractivity contribution in [2.24, 2.45) is 0 Å². The first-order valence-corrected chi connectivity index (χ1v) is 7.88. The Kier molecular flexibility index (Phi) is 5.36. The van der Waals surface area contributed by atoms with Gasteiger partial charge in [0.05, 0.1) is 11.9 Å². The third kappa shape index (κ3) is 5.59. The molecule has 0 atom stereocenters. The van der Waals surface area contributed by atoms with Gasteiger partial charge >= 0.3 is 12.7 Å². The maximum Gasteiger partial charge on any atom is 0.573 e. The standard InChI is InChI=1S/C19H10F7NO2/c20-13-9-16(11-1-5-14(6-2-11)28-18(21,22)23)17(27-10-13)12-3-7-15(8-4-12)29-19(24,25)26/h1-10H. The second-order valence-electron chi connectivity index (χ2n) is 5.69. The van der Waals surface area contributed by atoms with E-state index in [2.05, 4.69) is 14.5 Å². The van der Waals surface area contributed by atoms with Crippen molar-refractivity contribution >= 4 is 0 Å². The minimum Gasteiger partial charge on any atom is -0.406 e. The molecule has 0 aliphatic rings. The topological polar surface area (TPSA) is 31.4 Å². The molecule has 0 aliphatic carbocycles. The molecule has 3 nitrogen and oxygen atoms in total. The number of nitrogens with zero attached hydrogens (tertiary/aromatic N) is 1. The molecule has 0 bridgehead atoms. The van der Waals surface area contributed by atoms with E-state index in [0.717, 1.165) is 36.5 Å². The molecule has 1 aromatic heterocycles. The second kappa shape index (κ2) is 7.61. The highest BCUT2D eigenvalue weighted by atomic mass is 19.4. The molecule has 3 aromatic rings. The molecule has 0 aliphatic heterocycles. The van der Waals surface area contributed by atoms with E-state index in [1.165, 1.54) is 24.3 Å². The average Bonchev–Trinajstić information content (AvgIpc) is 2.60. The first-order valence-electron chi connectivity index (χ1n) is 7.88. The third-order valence-corrected chi connectivity index (χ3v) is 3.61. The van der Waals surface area contributed by atoms with Crippen molar-refractivity contribution in [3.8, 4) is 33.9 Å². The normalized spacial score (nSPS) is 12.0. The molecule has 0 N–H and O–H groups in total. The third-order valence-electron chi connectivity index (χ3n) is 3.61. The van der Waals surface area contributed by atoms with Crippen LogP contribution < -0.4 is 9.47 Å². The maximum atomic E-state index is 13.7. The van der Waals surface area contributed by atoms with Crippen LogP contribution in [0.2, 0.25) is 0 Å².